The molecule has 0 aliphatic rings. The Hall–Kier alpha value is -0.0800. The van der Waals surface area contributed by atoms with Crippen LogP contribution in [0.2, 0.25) is 0 Å². The number of hydrogen-bond donors (Lipinski definition) is 0. The van der Waals surface area contributed by atoms with E-state index in [2.05, 4.69) is 102 Å². The largest absolute Gasteiger partial charge is 0.267 e. The minimum Gasteiger partial charge on any atom is -0.267 e. The van der Waals surface area contributed by atoms with E-state index in [0.717, 1.165) is 52.4 Å². The molecular weight excluding hydrogens is 430 g/mol. The lowest BCUT2D eigenvalue weighted by Gasteiger charge is -2.43. The molecule has 0 saturated heterocycles. The van der Waals surface area contributed by atoms with Gasteiger partial charge in [-0.05, 0) is 49.9 Å². The quantitative estimate of drug-likeness (QED) is 0.294. The van der Waals surface area contributed by atoms with Crippen molar-refractivity contribution in [1.29, 1.82) is 0 Å². The molecule has 0 saturated carbocycles. The van der Waals surface area contributed by atoms with Crippen LogP contribution in [0.5, 0.6) is 0 Å². The van der Waals surface area contributed by atoms with Gasteiger partial charge >= 0.3 is 0 Å². The highest BCUT2D eigenvalue weighted by Gasteiger charge is 2.33. The standard InChI is InChI=1S/C26H52N4P2/c1-13-27(14-2)31(28(15-3)16-4)25-21(9)23(11)26(24(12)22(25)10)32(29(17-5)18-6)30(19-7)20-8/h13-20H2,1-12H3. The van der Waals surface area contributed by atoms with Crippen LogP contribution in [0.4, 0.5) is 0 Å². The first-order valence-corrected chi connectivity index (χ1v) is 15.4. The monoisotopic (exact) mass is 482 g/mol. The SMILES string of the molecule is CCN(CC)P(c1c(C)c(C)c(P(N(CC)CC)N(CC)CC)c(C)c1C)N(CC)CC. The maximum atomic E-state index is 2.70. The molecule has 0 aliphatic heterocycles. The molecule has 0 aromatic heterocycles. The zero-order valence-electron chi connectivity index (χ0n) is 23.3. The van der Waals surface area contributed by atoms with Crippen molar-refractivity contribution in [2.24, 2.45) is 0 Å². The first-order chi connectivity index (χ1) is 15.2. The number of nitrogens with zero attached hydrogens (tertiary/aromatic N) is 4. The normalized spacial score (nSPS) is 12.6. The Labute approximate surface area is 203 Å². The summed E-state index contributed by atoms with van der Waals surface area (Å²) in [6.45, 7) is 37.0. The van der Waals surface area contributed by atoms with Gasteiger partial charge in [0.1, 0.15) is 0 Å². The van der Waals surface area contributed by atoms with Crippen LogP contribution in [0.25, 0.3) is 0 Å². The van der Waals surface area contributed by atoms with E-state index in [-0.39, 0.29) is 0 Å². The highest BCUT2D eigenvalue weighted by Crippen LogP contribution is 2.49. The average molecular weight is 483 g/mol. The number of benzene rings is 1. The van der Waals surface area contributed by atoms with Gasteiger partial charge in [0.05, 0.1) is 16.4 Å². The molecule has 0 bridgehead atoms. The van der Waals surface area contributed by atoms with Crippen molar-refractivity contribution in [2.45, 2.75) is 83.1 Å². The van der Waals surface area contributed by atoms with Gasteiger partial charge in [0.2, 0.25) is 0 Å². The van der Waals surface area contributed by atoms with Crippen LogP contribution in [-0.4, -0.2) is 71.0 Å². The summed E-state index contributed by atoms with van der Waals surface area (Å²) in [5.74, 6) is 0. The van der Waals surface area contributed by atoms with Crippen LogP contribution in [0.1, 0.15) is 77.6 Å². The Morgan fingerprint density at radius 3 is 0.656 bits per heavy atom. The molecule has 0 atom stereocenters. The molecule has 0 amide bonds. The maximum Gasteiger partial charge on any atom is 0.0729 e. The third-order valence-electron chi connectivity index (χ3n) is 6.94. The van der Waals surface area contributed by atoms with Crippen LogP contribution < -0.4 is 10.6 Å². The summed E-state index contributed by atoms with van der Waals surface area (Å²) in [6, 6.07) is 0. The fraction of sp³-hybridized carbons (Fsp3) is 0.769. The summed E-state index contributed by atoms with van der Waals surface area (Å²) in [5.41, 5.74) is 6.11. The molecule has 1 rings (SSSR count). The topological polar surface area (TPSA) is 13.0 Å². The van der Waals surface area contributed by atoms with Gasteiger partial charge in [0.25, 0.3) is 0 Å². The van der Waals surface area contributed by atoms with E-state index < -0.39 is 16.4 Å². The van der Waals surface area contributed by atoms with Crippen molar-refractivity contribution < 1.29 is 0 Å². The van der Waals surface area contributed by atoms with Crippen LogP contribution in [-0.2, 0) is 0 Å². The van der Waals surface area contributed by atoms with Crippen LogP contribution in [0.15, 0.2) is 0 Å². The van der Waals surface area contributed by atoms with Crippen LogP contribution >= 0.6 is 16.4 Å². The highest BCUT2D eigenvalue weighted by molar-refractivity contribution is 7.62. The summed E-state index contributed by atoms with van der Waals surface area (Å²) in [7, 11) is -0.974. The van der Waals surface area contributed by atoms with Gasteiger partial charge in [-0.1, -0.05) is 55.4 Å². The first kappa shape index (κ1) is 30.0. The fourth-order valence-corrected chi connectivity index (χ4v) is 10.6. The van der Waals surface area contributed by atoms with E-state index in [1.807, 2.05) is 0 Å². The van der Waals surface area contributed by atoms with Crippen molar-refractivity contribution in [1.82, 2.24) is 18.7 Å². The molecule has 0 heterocycles. The molecular formula is C26H52N4P2. The van der Waals surface area contributed by atoms with E-state index in [9.17, 15) is 0 Å². The second kappa shape index (κ2) is 14.3. The summed E-state index contributed by atoms with van der Waals surface area (Å²) in [4.78, 5) is 0. The molecule has 0 radical (unpaired) electrons. The van der Waals surface area contributed by atoms with Crippen molar-refractivity contribution >= 4 is 27.1 Å². The second-order valence-electron chi connectivity index (χ2n) is 8.33. The summed E-state index contributed by atoms with van der Waals surface area (Å²) < 4.78 is 10.8. The molecule has 1 aromatic rings. The molecule has 32 heavy (non-hydrogen) atoms. The minimum atomic E-state index is -0.487. The highest BCUT2D eigenvalue weighted by atomic mass is 31.1. The smallest absolute Gasteiger partial charge is 0.0729 e. The Morgan fingerprint density at radius 2 is 0.531 bits per heavy atom. The van der Waals surface area contributed by atoms with Crippen molar-refractivity contribution in [2.75, 3.05) is 52.4 Å². The average Bonchev–Trinajstić information content (AvgIpc) is 2.80. The zero-order valence-corrected chi connectivity index (χ0v) is 25.1. The number of hydrogen-bond acceptors (Lipinski definition) is 4. The van der Waals surface area contributed by atoms with Crippen molar-refractivity contribution in [3.05, 3.63) is 22.3 Å². The van der Waals surface area contributed by atoms with Crippen molar-refractivity contribution in [3.63, 3.8) is 0 Å². The Balaban J connectivity index is 3.91. The fourth-order valence-electron chi connectivity index (χ4n) is 4.76. The lowest BCUT2D eigenvalue weighted by atomic mass is 10.0. The Morgan fingerprint density at radius 1 is 0.375 bits per heavy atom. The van der Waals surface area contributed by atoms with E-state index in [0.29, 0.717) is 0 Å². The van der Waals surface area contributed by atoms with E-state index in [1.54, 1.807) is 10.6 Å². The summed E-state index contributed by atoms with van der Waals surface area (Å²) in [5, 5.41) is 3.22. The summed E-state index contributed by atoms with van der Waals surface area (Å²) >= 11 is 0. The Kier molecular flexibility index (Phi) is 13.4. The first-order valence-electron chi connectivity index (χ1n) is 12.9. The lowest BCUT2D eigenvalue weighted by molar-refractivity contribution is 0.429. The van der Waals surface area contributed by atoms with Crippen LogP contribution in [0.3, 0.4) is 0 Å². The molecule has 0 spiro atoms. The maximum absolute atomic E-state index is 2.70. The second-order valence-corrected chi connectivity index (χ2v) is 12.6. The predicted molar refractivity (Wildman–Crippen MR) is 150 cm³/mol. The van der Waals surface area contributed by atoms with Gasteiger partial charge in [-0.3, -0.25) is 18.7 Å². The van der Waals surface area contributed by atoms with Crippen LogP contribution in [0, 0.1) is 27.7 Å². The molecule has 4 nitrogen and oxygen atoms in total. The zero-order chi connectivity index (χ0) is 24.6. The predicted octanol–water partition coefficient (Wildman–Crippen LogP) is 6.16. The molecule has 0 aliphatic carbocycles. The number of rotatable bonds is 14. The summed E-state index contributed by atoms with van der Waals surface area (Å²) in [6.07, 6.45) is 0. The van der Waals surface area contributed by atoms with E-state index in [1.165, 1.54) is 22.3 Å². The molecule has 186 valence electrons. The van der Waals surface area contributed by atoms with Gasteiger partial charge in [0.15, 0.2) is 0 Å². The molecule has 6 heteroatoms. The van der Waals surface area contributed by atoms with E-state index >= 15 is 0 Å². The van der Waals surface area contributed by atoms with Gasteiger partial charge < -0.3 is 0 Å². The molecule has 1 aromatic carbocycles. The lowest BCUT2D eigenvalue weighted by Crippen LogP contribution is -2.40. The van der Waals surface area contributed by atoms with Gasteiger partial charge in [-0.15, -0.1) is 0 Å². The minimum absolute atomic E-state index is 0.487. The van der Waals surface area contributed by atoms with E-state index in [4.69, 9.17) is 0 Å². The molecule has 0 unspecified atom stereocenters. The van der Waals surface area contributed by atoms with Gasteiger partial charge in [0, 0.05) is 63.0 Å². The molecule has 0 fully saturated rings. The third-order valence-corrected chi connectivity index (χ3v) is 13.5. The van der Waals surface area contributed by atoms with Gasteiger partial charge in [-0.2, -0.15) is 0 Å². The Bertz CT molecular complexity index is 582. The van der Waals surface area contributed by atoms with Crippen molar-refractivity contribution in [3.8, 4) is 0 Å². The molecule has 0 N–H and O–H groups in total. The van der Waals surface area contributed by atoms with Gasteiger partial charge in [-0.25, -0.2) is 0 Å². The third kappa shape index (κ3) is 6.12.